The summed E-state index contributed by atoms with van der Waals surface area (Å²) in [5.41, 5.74) is 2.42. The van der Waals surface area contributed by atoms with E-state index in [1.807, 2.05) is 13.0 Å². The number of nitrogens with one attached hydrogen (secondary N) is 2. The molecular weight excluding hydrogens is 433 g/mol. The molecule has 1 unspecified atom stereocenters. The third kappa shape index (κ3) is 5.32. The number of carbonyl (C=O) groups is 1. The Morgan fingerprint density at radius 3 is 2.76 bits per heavy atom. The number of ether oxygens (including phenoxy) is 1. The zero-order valence-corrected chi connectivity index (χ0v) is 20.1. The second kappa shape index (κ2) is 9.99. The lowest BCUT2D eigenvalue weighted by atomic mass is 9.73. The number of aromatic nitrogens is 2. The zero-order chi connectivity index (χ0) is 24.3. The van der Waals surface area contributed by atoms with Gasteiger partial charge in [0.2, 0.25) is 5.95 Å². The molecule has 1 aromatic carbocycles. The van der Waals surface area contributed by atoms with Gasteiger partial charge in [0.05, 0.1) is 24.7 Å². The summed E-state index contributed by atoms with van der Waals surface area (Å²) in [4.78, 5) is 21.5. The molecule has 1 saturated carbocycles. The molecule has 10 heteroatoms. The first-order chi connectivity index (χ1) is 16.3. The van der Waals surface area contributed by atoms with Crippen LogP contribution in [0.2, 0.25) is 0 Å². The average Bonchev–Trinajstić information content (AvgIpc) is 3.28. The van der Waals surface area contributed by atoms with E-state index in [0.717, 1.165) is 24.8 Å². The van der Waals surface area contributed by atoms with Gasteiger partial charge in [-0.15, -0.1) is 0 Å². The molecule has 1 aromatic heterocycles. The predicted molar refractivity (Wildman–Crippen MR) is 129 cm³/mol. The highest BCUT2D eigenvalue weighted by Gasteiger charge is 2.36. The number of aryl methyl sites for hydroxylation is 1. The highest BCUT2D eigenvalue weighted by Crippen LogP contribution is 2.29. The van der Waals surface area contributed by atoms with Crippen LogP contribution in [0.4, 0.5) is 17.5 Å². The monoisotopic (exact) mass is 463 g/mol. The fraction of sp³-hybridized carbons (Fsp3) is 0.500. The van der Waals surface area contributed by atoms with E-state index < -0.39 is 13.1 Å². The third-order valence-corrected chi connectivity index (χ3v) is 6.20. The molecule has 34 heavy (non-hydrogen) atoms. The number of hydrogen-bond acceptors (Lipinski definition) is 9. The van der Waals surface area contributed by atoms with Crippen LogP contribution in [0.25, 0.3) is 0 Å². The molecule has 2 aromatic rings. The molecule has 1 aliphatic heterocycles. The van der Waals surface area contributed by atoms with Crippen LogP contribution in [0.3, 0.4) is 0 Å². The molecule has 1 aliphatic carbocycles. The molecule has 0 amide bonds. The second-order valence-corrected chi connectivity index (χ2v) is 9.68. The summed E-state index contributed by atoms with van der Waals surface area (Å²) in [6, 6.07) is 7.77. The van der Waals surface area contributed by atoms with Crippen molar-refractivity contribution in [1.29, 1.82) is 5.26 Å². The second-order valence-electron chi connectivity index (χ2n) is 9.68. The molecule has 2 heterocycles. The summed E-state index contributed by atoms with van der Waals surface area (Å²) in [5.74, 6) is 0.582. The van der Waals surface area contributed by atoms with E-state index in [1.54, 1.807) is 18.3 Å². The van der Waals surface area contributed by atoms with Crippen molar-refractivity contribution in [2.24, 2.45) is 11.3 Å². The van der Waals surface area contributed by atoms with E-state index in [4.69, 9.17) is 14.0 Å². The minimum Gasteiger partial charge on any atom is -0.465 e. The van der Waals surface area contributed by atoms with Crippen LogP contribution in [0.5, 0.6) is 0 Å². The molecular formula is C24H30BN5O4. The van der Waals surface area contributed by atoms with Crippen LogP contribution in [0.15, 0.2) is 24.4 Å². The normalized spacial score (nSPS) is 21.6. The summed E-state index contributed by atoms with van der Waals surface area (Å²) in [7, 11) is 0.707. The van der Waals surface area contributed by atoms with Crippen molar-refractivity contribution in [3.63, 3.8) is 0 Å². The topological polar surface area (TPSA) is 118 Å². The third-order valence-electron chi connectivity index (χ3n) is 6.20. The number of hydrogen-bond donors (Lipinski definition) is 2. The molecule has 2 fully saturated rings. The van der Waals surface area contributed by atoms with Crippen molar-refractivity contribution in [2.45, 2.75) is 46.1 Å². The molecule has 2 atom stereocenters. The highest BCUT2D eigenvalue weighted by atomic mass is 16.6. The van der Waals surface area contributed by atoms with E-state index in [0.29, 0.717) is 41.7 Å². The van der Waals surface area contributed by atoms with E-state index in [2.05, 4.69) is 40.5 Å². The Morgan fingerprint density at radius 1 is 1.29 bits per heavy atom. The van der Waals surface area contributed by atoms with Gasteiger partial charge in [0, 0.05) is 42.1 Å². The number of benzene rings is 1. The Hall–Kier alpha value is -3.16. The molecule has 0 bridgehead atoms. The SMILES string of the molecule is COC(=O)c1cc(Nc2ncc(C)c(N[C@H]3CCCC3C#N)n2)ccc1B1OCC(C)(C)CO1. The minimum atomic E-state index is -0.637. The number of anilines is 3. The van der Waals surface area contributed by atoms with Crippen LogP contribution in [-0.4, -0.2) is 49.4 Å². The standard InChI is InChI=1S/C24H30BN5O4/c1-15-12-27-23(30-21(15)29-20-7-5-6-16(20)11-26)28-17-8-9-19(18(10-17)22(31)32-4)25-33-13-24(2,3)14-34-25/h8-10,12,16,20H,5-7,13-14H2,1-4H3,(H2,27,28,29,30)/t16?,20-/m0/s1. The van der Waals surface area contributed by atoms with Gasteiger partial charge in [0.25, 0.3) is 0 Å². The molecule has 2 N–H and O–H groups in total. The first-order valence-corrected chi connectivity index (χ1v) is 11.5. The number of methoxy groups -OCH3 is 1. The van der Waals surface area contributed by atoms with Gasteiger partial charge >= 0.3 is 13.1 Å². The van der Waals surface area contributed by atoms with Gasteiger partial charge < -0.3 is 24.7 Å². The fourth-order valence-corrected chi connectivity index (χ4v) is 4.24. The van der Waals surface area contributed by atoms with Gasteiger partial charge in [0.15, 0.2) is 0 Å². The van der Waals surface area contributed by atoms with Gasteiger partial charge in [0.1, 0.15) is 5.82 Å². The summed E-state index contributed by atoms with van der Waals surface area (Å²) in [5, 5.41) is 16.0. The molecule has 1 saturated heterocycles. The van der Waals surface area contributed by atoms with Crippen LogP contribution in [-0.2, 0) is 14.0 Å². The number of rotatable bonds is 6. The molecule has 0 radical (unpaired) electrons. The minimum absolute atomic E-state index is 0.0178. The van der Waals surface area contributed by atoms with Crippen LogP contribution in [0.1, 0.15) is 49.0 Å². The smallest absolute Gasteiger partial charge is 0.465 e. The number of nitrogens with zero attached hydrogens (tertiary/aromatic N) is 3. The van der Waals surface area contributed by atoms with Crippen molar-refractivity contribution < 1.29 is 18.8 Å². The molecule has 9 nitrogen and oxygen atoms in total. The summed E-state index contributed by atoms with van der Waals surface area (Å²) < 4.78 is 16.8. The lowest BCUT2D eigenvalue weighted by Gasteiger charge is -2.33. The maximum atomic E-state index is 12.5. The van der Waals surface area contributed by atoms with E-state index >= 15 is 0 Å². The summed E-state index contributed by atoms with van der Waals surface area (Å²) in [6.45, 7) is 7.11. The molecule has 0 spiro atoms. The summed E-state index contributed by atoms with van der Waals surface area (Å²) >= 11 is 0. The highest BCUT2D eigenvalue weighted by molar-refractivity contribution is 6.63. The van der Waals surface area contributed by atoms with Crippen molar-refractivity contribution >= 4 is 36.0 Å². The molecule has 4 rings (SSSR count). The lowest BCUT2D eigenvalue weighted by Crippen LogP contribution is -2.49. The Labute approximate surface area is 200 Å². The van der Waals surface area contributed by atoms with Gasteiger partial charge in [-0.05, 0) is 43.8 Å². The van der Waals surface area contributed by atoms with Crippen molar-refractivity contribution in [3.8, 4) is 6.07 Å². The van der Waals surface area contributed by atoms with Gasteiger partial charge in [-0.1, -0.05) is 19.9 Å². The predicted octanol–water partition coefficient (Wildman–Crippen LogP) is 3.19. The quantitative estimate of drug-likeness (QED) is 0.492. The van der Waals surface area contributed by atoms with E-state index in [1.165, 1.54) is 7.11 Å². The van der Waals surface area contributed by atoms with Gasteiger partial charge in [-0.25, -0.2) is 9.78 Å². The average molecular weight is 463 g/mol. The summed E-state index contributed by atoms with van der Waals surface area (Å²) in [6.07, 6.45) is 4.60. The molecule has 178 valence electrons. The Bertz CT molecular complexity index is 1090. The van der Waals surface area contributed by atoms with E-state index in [9.17, 15) is 10.1 Å². The lowest BCUT2D eigenvalue weighted by molar-refractivity contribution is 0.0340. The Morgan fingerprint density at radius 2 is 2.06 bits per heavy atom. The van der Waals surface area contributed by atoms with Crippen LogP contribution >= 0.6 is 0 Å². The van der Waals surface area contributed by atoms with Crippen molar-refractivity contribution in [3.05, 3.63) is 35.5 Å². The van der Waals surface area contributed by atoms with E-state index in [-0.39, 0.29) is 17.4 Å². The Kier molecular flexibility index (Phi) is 7.05. The Balaban J connectivity index is 1.55. The number of carbonyl (C=O) groups excluding carboxylic acids is 1. The number of esters is 1. The van der Waals surface area contributed by atoms with Crippen LogP contribution < -0.4 is 16.1 Å². The van der Waals surface area contributed by atoms with Crippen LogP contribution in [0, 0.1) is 29.6 Å². The first-order valence-electron chi connectivity index (χ1n) is 11.5. The first kappa shape index (κ1) is 24.0. The van der Waals surface area contributed by atoms with Crippen molar-refractivity contribution in [1.82, 2.24) is 9.97 Å². The van der Waals surface area contributed by atoms with Gasteiger partial charge in [-0.3, -0.25) is 0 Å². The largest absolute Gasteiger partial charge is 0.494 e. The van der Waals surface area contributed by atoms with Gasteiger partial charge in [-0.2, -0.15) is 10.2 Å². The maximum absolute atomic E-state index is 12.5. The fourth-order valence-electron chi connectivity index (χ4n) is 4.24. The van der Waals surface area contributed by atoms with Crippen molar-refractivity contribution in [2.75, 3.05) is 31.0 Å². The molecule has 2 aliphatic rings. The number of nitriles is 1. The zero-order valence-electron chi connectivity index (χ0n) is 20.1. The maximum Gasteiger partial charge on any atom is 0.494 e.